The number of cyclic esters (lactones) is 1. The number of carbonyl (C=O) groups excluding carboxylic acids is 2. The van der Waals surface area contributed by atoms with E-state index in [1.165, 1.54) is 0 Å². The Kier molecular flexibility index (Phi) is 5.06. The van der Waals surface area contributed by atoms with Crippen molar-refractivity contribution < 1.29 is 29.3 Å². The summed E-state index contributed by atoms with van der Waals surface area (Å²) >= 11 is 0. The molecule has 0 aromatic heterocycles. The second-order valence-electron chi connectivity index (χ2n) is 6.32. The van der Waals surface area contributed by atoms with Crippen LogP contribution in [0.1, 0.15) is 18.9 Å². The maximum Gasteiger partial charge on any atom is 0.407 e. The fourth-order valence-corrected chi connectivity index (χ4v) is 3.28. The number of benzene rings is 1. The first-order valence-corrected chi connectivity index (χ1v) is 8.21. The molecule has 1 fully saturated rings. The molecule has 0 bridgehead atoms. The minimum Gasteiger partial charge on any atom is -0.457 e. The summed E-state index contributed by atoms with van der Waals surface area (Å²) in [6.45, 7) is 1.73. The standard InChI is InChI=1S/C18H21NO6/c1-10-15(19-18(23)24-9-11-5-3-2-4-6-11)14-12(17(22)25-10)7-8-13(20)16(14)21/h2-7,10,13-16,20-21H,8-9H2,1H3,(H,19,23). The lowest BCUT2D eigenvalue weighted by Crippen LogP contribution is -2.59. The lowest BCUT2D eigenvalue weighted by Gasteiger charge is -2.42. The third-order valence-electron chi connectivity index (χ3n) is 4.62. The Balaban J connectivity index is 1.69. The van der Waals surface area contributed by atoms with Gasteiger partial charge in [0.05, 0.1) is 18.2 Å². The van der Waals surface area contributed by atoms with Gasteiger partial charge in [-0.2, -0.15) is 0 Å². The van der Waals surface area contributed by atoms with E-state index in [1.807, 2.05) is 30.3 Å². The monoisotopic (exact) mass is 347 g/mol. The Morgan fingerprint density at radius 3 is 2.76 bits per heavy atom. The number of alkyl carbamates (subject to hydrolysis) is 1. The predicted octanol–water partition coefficient (Wildman–Crippen LogP) is 0.895. The molecule has 0 spiro atoms. The van der Waals surface area contributed by atoms with E-state index >= 15 is 0 Å². The molecule has 1 aliphatic carbocycles. The average molecular weight is 347 g/mol. The summed E-state index contributed by atoms with van der Waals surface area (Å²) in [5.41, 5.74) is 1.12. The number of aliphatic hydroxyl groups is 2. The number of fused-ring (bicyclic) bond motifs is 1. The van der Waals surface area contributed by atoms with Gasteiger partial charge in [-0.15, -0.1) is 0 Å². The molecule has 0 radical (unpaired) electrons. The number of aliphatic hydroxyl groups excluding tert-OH is 2. The van der Waals surface area contributed by atoms with Gasteiger partial charge in [0.15, 0.2) is 0 Å². The maximum atomic E-state index is 12.1. The first kappa shape index (κ1) is 17.4. The van der Waals surface area contributed by atoms with Crippen molar-refractivity contribution in [2.75, 3.05) is 0 Å². The minimum atomic E-state index is -1.16. The summed E-state index contributed by atoms with van der Waals surface area (Å²) in [5.74, 6) is -1.26. The number of ether oxygens (including phenoxy) is 2. The molecule has 5 atom stereocenters. The molecular weight excluding hydrogens is 326 g/mol. The van der Waals surface area contributed by atoms with Crippen molar-refractivity contribution in [2.24, 2.45) is 5.92 Å². The molecule has 1 heterocycles. The van der Waals surface area contributed by atoms with Crippen LogP contribution in [0.2, 0.25) is 0 Å². The summed E-state index contributed by atoms with van der Waals surface area (Å²) in [6.07, 6.45) is -1.75. The van der Waals surface area contributed by atoms with E-state index in [0.717, 1.165) is 5.56 Å². The van der Waals surface area contributed by atoms with Gasteiger partial charge in [0.2, 0.25) is 0 Å². The maximum absolute atomic E-state index is 12.1. The number of hydrogen-bond acceptors (Lipinski definition) is 6. The molecule has 3 N–H and O–H groups in total. The summed E-state index contributed by atoms with van der Waals surface area (Å²) in [6, 6.07) is 8.54. The van der Waals surface area contributed by atoms with Crippen molar-refractivity contribution in [1.82, 2.24) is 5.32 Å². The Hall–Kier alpha value is -2.38. The molecular formula is C18H21NO6. The van der Waals surface area contributed by atoms with E-state index in [2.05, 4.69) is 5.32 Å². The molecule has 1 aromatic carbocycles. The quantitative estimate of drug-likeness (QED) is 0.702. The second-order valence-corrected chi connectivity index (χ2v) is 6.32. The third-order valence-corrected chi connectivity index (χ3v) is 4.62. The van der Waals surface area contributed by atoms with Crippen molar-refractivity contribution in [3.8, 4) is 0 Å². The summed E-state index contributed by atoms with van der Waals surface area (Å²) in [7, 11) is 0. The highest BCUT2D eigenvalue weighted by atomic mass is 16.6. The number of carbonyl (C=O) groups is 2. The zero-order chi connectivity index (χ0) is 18.0. The van der Waals surface area contributed by atoms with Gasteiger partial charge >= 0.3 is 12.1 Å². The normalized spacial score (nSPS) is 31.4. The molecule has 134 valence electrons. The molecule has 0 saturated carbocycles. The highest BCUT2D eigenvalue weighted by Gasteiger charge is 2.48. The van der Waals surface area contributed by atoms with Gasteiger partial charge in [-0.25, -0.2) is 9.59 Å². The van der Waals surface area contributed by atoms with Crippen LogP contribution in [0.4, 0.5) is 4.79 Å². The van der Waals surface area contributed by atoms with Crippen LogP contribution in [0.3, 0.4) is 0 Å². The number of amides is 1. The molecule has 25 heavy (non-hydrogen) atoms. The number of hydrogen-bond donors (Lipinski definition) is 3. The van der Waals surface area contributed by atoms with Gasteiger partial charge in [0.25, 0.3) is 0 Å². The zero-order valence-corrected chi connectivity index (χ0v) is 13.8. The molecule has 3 rings (SSSR count). The SMILES string of the molecule is CC1OC(=O)C2=CCC(O)C(O)C2C1NC(=O)OCc1ccccc1. The Labute approximate surface area is 145 Å². The van der Waals surface area contributed by atoms with Gasteiger partial charge in [-0.3, -0.25) is 0 Å². The highest BCUT2D eigenvalue weighted by Crippen LogP contribution is 2.35. The van der Waals surface area contributed by atoms with Crippen LogP contribution in [0.15, 0.2) is 42.0 Å². The largest absolute Gasteiger partial charge is 0.457 e. The lowest BCUT2D eigenvalue weighted by atomic mass is 9.75. The van der Waals surface area contributed by atoms with Gasteiger partial charge < -0.3 is 25.0 Å². The van der Waals surface area contributed by atoms with E-state index in [4.69, 9.17) is 9.47 Å². The van der Waals surface area contributed by atoms with E-state index in [1.54, 1.807) is 13.0 Å². The van der Waals surface area contributed by atoms with Gasteiger partial charge in [-0.05, 0) is 18.9 Å². The van der Waals surface area contributed by atoms with E-state index in [9.17, 15) is 19.8 Å². The third kappa shape index (κ3) is 3.67. The van der Waals surface area contributed by atoms with Gasteiger partial charge in [0, 0.05) is 11.5 Å². The van der Waals surface area contributed by atoms with Crippen LogP contribution in [-0.4, -0.2) is 46.6 Å². The Morgan fingerprint density at radius 1 is 1.32 bits per heavy atom. The van der Waals surface area contributed by atoms with Crippen LogP contribution < -0.4 is 5.32 Å². The van der Waals surface area contributed by atoms with Crippen molar-refractivity contribution >= 4 is 12.1 Å². The van der Waals surface area contributed by atoms with Crippen LogP contribution in [0, 0.1) is 5.92 Å². The zero-order valence-electron chi connectivity index (χ0n) is 13.8. The molecule has 7 heteroatoms. The molecule has 1 saturated heterocycles. The van der Waals surface area contributed by atoms with Crippen LogP contribution >= 0.6 is 0 Å². The molecule has 1 aliphatic heterocycles. The first-order valence-electron chi connectivity index (χ1n) is 8.21. The average Bonchev–Trinajstić information content (AvgIpc) is 2.60. The number of rotatable bonds is 3. The Morgan fingerprint density at radius 2 is 2.04 bits per heavy atom. The minimum absolute atomic E-state index is 0.103. The number of esters is 1. The lowest BCUT2D eigenvalue weighted by molar-refractivity contribution is -0.155. The van der Waals surface area contributed by atoms with E-state index < -0.39 is 42.3 Å². The Bertz CT molecular complexity index is 673. The van der Waals surface area contributed by atoms with Crippen molar-refractivity contribution in [2.45, 2.75) is 44.3 Å². The number of nitrogens with one attached hydrogen (secondary N) is 1. The predicted molar refractivity (Wildman–Crippen MR) is 87.3 cm³/mol. The summed E-state index contributed by atoms with van der Waals surface area (Å²) in [4.78, 5) is 24.1. The highest BCUT2D eigenvalue weighted by molar-refractivity contribution is 5.91. The molecule has 1 aromatic rings. The van der Waals surface area contributed by atoms with Crippen molar-refractivity contribution in [3.05, 3.63) is 47.5 Å². The second kappa shape index (κ2) is 7.25. The van der Waals surface area contributed by atoms with Gasteiger partial charge in [-0.1, -0.05) is 36.4 Å². The topological polar surface area (TPSA) is 105 Å². The fraction of sp³-hybridized carbons (Fsp3) is 0.444. The summed E-state index contributed by atoms with van der Waals surface area (Å²) in [5, 5.41) is 22.9. The van der Waals surface area contributed by atoms with E-state index in [0.29, 0.717) is 0 Å². The molecule has 7 nitrogen and oxygen atoms in total. The first-order chi connectivity index (χ1) is 12.0. The van der Waals surface area contributed by atoms with Crippen LogP contribution in [-0.2, 0) is 20.9 Å². The molecule has 1 amide bonds. The summed E-state index contributed by atoms with van der Waals surface area (Å²) < 4.78 is 10.4. The van der Waals surface area contributed by atoms with Crippen LogP contribution in [0.5, 0.6) is 0 Å². The van der Waals surface area contributed by atoms with Gasteiger partial charge in [0.1, 0.15) is 12.7 Å². The smallest absolute Gasteiger partial charge is 0.407 e. The fourth-order valence-electron chi connectivity index (χ4n) is 3.28. The molecule has 5 unspecified atom stereocenters. The van der Waals surface area contributed by atoms with E-state index in [-0.39, 0.29) is 18.6 Å². The van der Waals surface area contributed by atoms with Crippen LogP contribution in [0.25, 0.3) is 0 Å². The van der Waals surface area contributed by atoms with Crippen molar-refractivity contribution in [1.29, 1.82) is 0 Å². The molecule has 2 aliphatic rings. The van der Waals surface area contributed by atoms with Crippen molar-refractivity contribution in [3.63, 3.8) is 0 Å².